The molecule has 1 fully saturated rings. The van der Waals surface area contributed by atoms with Crippen molar-refractivity contribution in [2.75, 3.05) is 19.8 Å². The molecule has 0 aromatic carbocycles. The number of aryl methyl sites for hydroxylation is 1. The molecule has 0 unspecified atom stereocenters. The molecule has 2 aliphatic heterocycles. The van der Waals surface area contributed by atoms with Gasteiger partial charge in [0.15, 0.2) is 0 Å². The number of nitrogens with zero attached hydrogens (tertiary/aromatic N) is 4. The van der Waals surface area contributed by atoms with E-state index in [-0.39, 0.29) is 6.10 Å². The molecule has 2 aromatic rings. The van der Waals surface area contributed by atoms with Gasteiger partial charge >= 0.3 is 0 Å². The predicted molar refractivity (Wildman–Crippen MR) is 105 cm³/mol. The number of ether oxygens (including phenoxy) is 2. The Bertz CT molecular complexity index is 886. The van der Waals surface area contributed by atoms with Crippen LogP contribution >= 0.6 is 11.3 Å². The maximum absolute atomic E-state index is 6.37. The van der Waals surface area contributed by atoms with E-state index in [4.69, 9.17) is 14.5 Å². The van der Waals surface area contributed by atoms with Gasteiger partial charge in [-0.1, -0.05) is 6.42 Å². The van der Waals surface area contributed by atoms with Gasteiger partial charge in [-0.15, -0.1) is 5.10 Å². The molecule has 0 amide bonds. The second-order valence-electron chi connectivity index (χ2n) is 7.20. The minimum absolute atomic E-state index is 0.0475. The molecule has 27 heavy (non-hydrogen) atoms. The summed E-state index contributed by atoms with van der Waals surface area (Å²) < 4.78 is 11.9. The Hall–Kier alpha value is -2.12. The largest absolute Gasteiger partial charge is 0.471 e. The Labute approximate surface area is 162 Å². The molecular formula is C20H22N4O2S. The van der Waals surface area contributed by atoms with Crippen molar-refractivity contribution < 1.29 is 9.47 Å². The summed E-state index contributed by atoms with van der Waals surface area (Å²) in [6.45, 7) is 1.84. The van der Waals surface area contributed by atoms with Crippen molar-refractivity contribution in [2.45, 2.75) is 44.6 Å². The highest BCUT2D eigenvalue weighted by Gasteiger charge is 2.29. The third kappa shape index (κ3) is 3.30. The van der Waals surface area contributed by atoms with Crippen LogP contribution in [-0.2, 0) is 17.6 Å². The number of hydrogen-bond acceptors (Lipinski definition) is 7. The van der Waals surface area contributed by atoms with E-state index >= 15 is 0 Å². The van der Waals surface area contributed by atoms with Crippen LogP contribution in [0.1, 0.15) is 42.5 Å². The van der Waals surface area contributed by atoms with Gasteiger partial charge in [-0.05, 0) is 58.9 Å². The third-order valence-corrected chi connectivity index (χ3v) is 6.09. The fourth-order valence-corrected chi connectivity index (χ4v) is 4.73. The molecule has 0 radical (unpaired) electrons. The molecule has 0 spiro atoms. The van der Waals surface area contributed by atoms with Gasteiger partial charge in [-0.2, -0.15) is 16.5 Å². The molecule has 7 heteroatoms. The molecule has 0 saturated carbocycles. The summed E-state index contributed by atoms with van der Waals surface area (Å²) in [5.74, 6) is 0.679. The Morgan fingerprint density at radius 3 is 2.89 bits per heavy atom. The number of rotatable bonds is 4. The monoisotopic (exact) mass is 382 g/mol. The quantitative estimate of drug-likeness (QED) is 0.735. The molecule has 3 aliphatic rings. The van der Waals surface area contributed by atoms with E-state index in [1.54, 1.807) is 11.3 Å². The van der Waals surface area contributed by atoms with E-state index in [0.717, 1.165) is 37.1 Å². The van der Waals surface area contributed by atoms with Crippen LogP contribution in [0.4, 0.5) is 0 Å². The number of hydrogen-bond donors (Lipinski definition) is 0. The summed E-state index contributed by atoms with van der Waals surface area (Å²) in [6.07, 6.45) is 6.62. The van der Waals surface area contributed by atoms with Crippen LogP contribution in [0.5, 0.6) is 5.88 Å². The van der Waals surface area contributed by atoms with Gasteiger partial charge < -0.3 is 9.47 Å². The molecule has 140 valence electrons. The van der Waals surface area contributed by atoms with Gasteiger partial charge in [0.25, 0.3) is 0 Å². The first-order valence-corrected chi connectivity index (χ1v) is 10.6. The Kier molecular flexibility index (Phi) is 4.71. The highest BCUT2D eigenvalue weighted by Crippen LogP contribution is 2.39. The topological polar surface area (TPSA) is 68.4 Å². The standard InChI is InChI=1S/C20H22N4O2S/c1-2-4-15-16(5-3-1)22-20(26-14-6-8-25-11-14)19(17-10-21-24-23-17)18(15)13-7-9-27-12-13/h7,9,12,14H,1-6,8,10-11H2/t14-/m0/s1. The third-order valence-electron chi connectivity index (χ3n) is 5.40. The fraction of sp³-hybridized carbons (Fsp3) is 0.500. The van der Waals surface area contributed by atoms with Gasteiger partial charge in [0, 0.05) is 17.7 Å². The predicted octanol–water partition coefficient (Wildman–Crippen LogP) is 4.42. The Morgan fingerprint density at radius 2 is 2.11 bits per heavy atom. The second kappa shape index (κ2) is 7.48. The fourth-order valence-electron chi connectivity index (χ4n) is 4.08. The highest BCUT2D eigenvalue weighted by atomic mass is 32.1. The van der Waals surface area contributed by atoms with Gasteiger partial charge in [0.1, 0.15) is 18.4 Å². The van der Waals surface area contributed by atoms with Crippen LogP contribution < -0.4 is 4.74 Å². The molecular weight excluding hydrogens is 360 g/mol. The summed E-state index contributed by atoms with van der Waals surface area (Å²) in [5, 5.41) is 16.6. The SMILES string of the molecule is c1cc(-c2c3c(nc(O[C@H]4CCOC4)c2C2=NN=NC2)CCCCC3)cs1. The van der Waals surface area contributed by atoms with E-state index in [1.807, 2.05) is 0 Å². The smallest absolute Gasteiger partial charge is 0.224 e. The Balaban J connectivity index is 1.71. The molecule has 4 heterocycles. The van der Waals surface area contributed by atoms with E-state index < -0.39 is 0 Å². The first kappa shape index (κ1) is 17.0. The number of thiophene rings is 1. The van der Waals surface area contributed by atoms with Crippen molar-refractivity contribution >= 4 is 17.0 Å². The lowest BCUT2D eigenvalue weighted by molar-refractivity contribution is 0.137. The molecule has 2 aromatic heterocycles. The first-order valence-electron chi connectivity index (χ1n) is 9.66. The zero-order valence-electron chi connectivity index (χ0n) is 15.2. The van der Waals surface area contributed by atoms with E-state index in [9.17, 15) is 0 Å². The van der Waals surface area contributed by atoms with Crippen LogP contribution in [0, 0.1) is 0 Å². The minimum Gasteiger partial charge on any atom is -0.471 e. The average molecular weight is 382 g/mol. The maximum atomic E-state index is 6.37. The second-order valence-corrected chi connectivity index (χ2v) is 7.98. The highest BCUT2D eigenvalue weighted by molar-refractivity contribution is 7.08. The molecule has 1 atom stereocenters. The minimum atomic E-state index is 0.0475. The Morgan fingerprint density at radius 1 is 1.15 bits per heavy atom. The van der Waals surface area contributed by atoms with Crippen molar-refractivity contribution in [3.8, 4) is 17.0 Å². The van der Waals surface area contributed by atoms with Crippen molar-refractivity contribution in [1.29, 1.82) is 0 Å². The van der Waals surface area contributed by atoms with Gasteiger partial charge in [-0.3, -0.25) is 0 Å². The molecule has 1 saturated heterocycles. The summed E-state index contributed by atoms with van der Waals surface area (Å²) in [6, 6.07) is 2.18. The molecule has 0 bridgehead atoms. The van der Waals surface area contributed by atoms with Crippen LogP contribution in [0.2, 0.25) is 0 Å². The maximum Gasteiger partial charge on any atom is 0.224 e. The number of pyridine rings is 1. The van der Waals surface area contributed by atoms with Gasteiger partial charge in [0.2, 0.25) is 5.88 Å². The van der Waals surface area contributed by atoms with E-state index in [2.05, 4.69) is 32.3 Å². The van der Waals surface area contributed by atoms with Crippen molar-refractivity contribution in [1.82, 2.24) is 4.98 Å². The summed E-state index contributed by atoms with van der Waals surface area (Å²) in [4.78, 5) is 5.01. The van der Waals surface area contributed by atoms with Gasteiger partial charge in [-0.25, -0.2) is 4.98 Å². The lowest BCUT2D eigenvalue weighted by Crippen LogP contribution is -2.21. The normalized spacial score (nSPS) is 21.8. The van der Waals surface area contributed by atoms with Gasteiger partial charge in [0.05, 0.1) is 18.8 Å². The molecule has 6 nitrogen and oxygen atoms in total. The number of aromatic nitrogens is 1. The lowest BCUT2D eigenvalue weighted by Gasteiger charge is -2.21. The van der Waals surface area contributed by atoms with Crippen LogP contribution in [0.3, 0.4) is 0 Å². The lowest BCUT2D eigenvalue weighted by atomic mass is 9.91. The van der Waals surface area contributed by atoms with Crippen molar-refractivity contribution in [3.05, 3.63) is 33.6 Å². The van der Waals surface area contributed by atoms with E-state index in [1.165, 1.54) is 41.6 Å². The average Bonchev–Trinajstić information content (AvgIpc) is 3.43. The molecule has 1 aliphatic carbocycles. The van der Waals surface area contributed by atoms with E-state index in [0.29, 0.717) is 19.0 Å². The first-order chi connectivity index (χ1) is 13.4. The molecule has 5 rings (SSSR count). The van der Waals surface area contributed by atoms with Crippen LogP contribution in [-0.4, -0.2) is 36.6 Å². The zero-order chi connectivity index (χ0) is 18.1. The summed E-state index contributed by atoms with van der Waals surface area (Å²) in [5.41, 5.74) is 6.81. The summed E-state index contributed by atoms with van der Waals surface area (Å²) in [7, 11) is 0. The molecule has 0 N–H and O–H groups in total. The summed E-state index contributed by atoms with van der Waals surface area (Å²) >= 11 is 1.71. The number of fused-ring (bicyclic) bond motifs is 1. The van der Waals surface area contributed by atoms with Crippen LogP contribution in [0.15, 0.2) is 32.3 Å². The van der Waals surface area contributed by atoms with Crippen molar-refractivity contribution in [2.24, 2.45) is 15.4 Å². The zero-order valence-corrected chi connectivity index (χ0v) is 16.0. The van der Waals surface area contributed by atoms with Crippen molar-refractivity contribution in [3.63, 3.8) is 0 Å². The van der Waals surface area contributed by atoms with Crippen LogP contribution in [0.25, 0.3) is 11.1 Å².